The number of benzene rings is 1. The zero-order chi connectivity index (χ0) is 12.4. The molecule has 0 saturated heterocycles. The van der Waals surface area contributed by atoms with Gasteiger partial charge < -0.3 is 0 Å². The minimum atomic E-state index is -0.680. The van der Waals surface area contributed by atoms with Crippen LogP contribution in [0.3, 0.4) is 0 Å². The lowest BCUT2D eigenvalue weighted by Crippen LogP contribution is -2.39. The van der Waals surface area contributed by atoms with Gasteiger partial charge in [-0.05, 0) is 19.1 Å². The summed E-state index contributed by atoms with van der Waals surface area (Å²) in [7, 11) is 0. The van der Waals surface area contributed by atoms with Crippen molar-refractivity contribution in [2.45, 2.75) is 13.0 Å². The summed E-state index contributed by atoms with van der Waals surface area (Å²) in [5.41, 5.74) is 2.97. The molecular weight excluding hydrogens is 220 g/mol. The number of rotatable bonds is 2. The fraction of sp³-hybridized carbons (Fsp3) is 0.182. The fourth-order valence-corrected chi connectivity index (χ4v) is 1.72. The average molecular weight is 232 g/mol. The number of nitrogens with one attached hydrogen (secondary N) is 1. The Kier molecular flexibility index (Phi) is 2.88. The van der Waals surface area contributed by atoms with Gasteiger partial charge in [0.1, 0.15) is 6.04 Å². The van der Waals surface area contributed by atoms with Crippen LogP contribution >= 0.6 is 0 Å². The van der Waals surface area contributed by atoms with Gasteiger partial charge in [-0.1, -0.05) is 12.1 Å². The molecule has 0 aliphatic rings. The number of carbonyl (C=O) groups is 1. The summed E-state index contributed by atoms with van der Waals surface area (Å²) in [6, 6.07) is 6.44. The van der Waals surface area contributed by atoms with E-state index in [4.69, 9.17) is 5.84 Å². The van der Waals surface area contributed by atoms with Crippen molar-refractivity contribution in [1.82, 2.24) is 15.0 Å². The number of hydrogen-bond acceptors (Lipinski definition) is 4. The smallest absolute Gasteiger partial charge is 0.270 e. The topological polar surface area (TPSA) is 90.0 Å². The zero-order valence-corrected chi connectivity index (χ0v) is 9.25. The van der Waals surface area contributed by atoms with Crippen molar-refractivity contribution in [3.63, 3.8) is 0 Å². The van der Waals surface area contributed by atoms with E-state index in [1.54, 1.807) is 25.1 Å². The van der Waals surface area contributed by atoms with Gasteiger partial charge >= 0.3 is 0 Å². The first-order valence-electron chi connectivity index (χ1n) is 5.12. The van der Waals surface area contributed by atoms with Crippen molar-refractivity contribution < 1.29 is 4.79 Å². The van der Waals surface area contributed by atoms with Gasteiger partial charge in [0.25, 0.3) is 11.5 Å². The van der Waals surface area contributed by atoms with Crippen molar-refractivity contribution >= 4 is 16.9 Å². The van der Waals surface area contributed by atoms with E-state index in [1.807, 2.05) is 11.5 Å². The molecule has 3 N–H and O–H groups in total. The number of nitrogens with zero attached hydrogens (tertiary/aromatic N) is 2. The third kappa shape index (κ3) is 1.90. The van der Waals surface area contributed by atoms with Crippen LogP contribution in [0.25, 0.3) is 11.0 Å². The van der Waals surface area contributed by atoms with E-state index >= 15 is 0 Å². The SMILES string of the molecule is CC(C(=O)NN)n1c(=O)cnc2ccccc21. The van der Waals surface area contributed by atoms with Crippen molar-refractivity contribution in [2.75, 3.05) is 0 Å². The summed E-state index contributed by atoms with van der Waals surface area (Å²) in [6.45, 7) is 1.61. The number of amides is 1. The Labute approximate surface area is 97.0 Å². The van der Waals surface area contributed by atoms with Gasteiger partial charge in [-0.25, -0.2) is 10.8 Å². The van der Waals surface area contributed by atoms with Crippen LogP contribution in [0.4, 0.5) is 0 Å². The molecule has 0 saturated carbocycles. The van der Waals surface area contributed by atoms with E-state index in [2.05, 4.69) is 4.98 Å². The number of para-hydroxylation sites is 2. The molecule has 2 rings (SSSR count). The molecule has 0 aliphatic carbocycles. The molecule has 2 aromatic rings. The van der Waals surface area contributed by atoms with Crippen LogP contribution in [-0.4, -0.2) is 15.5 Å². The van der Waals surface area contributed by atoms with Gasteiger partial charge in [-0.2, -0.15) is 0 Å². The highest BCUT2D eigenvalue weighted by molar-refractivity contribution is 5.82. The highest BCUT2D eigenvalue weighted by atomic mass is 16.2. The largest absolute Gasteiger partial charge is 0.293 e. The number of fused-ring (bicyclic) bond motifs is 1. The van der Waals surface area contributed by atoms with E-state index in [-0.39, 0.29) is 5.56 Å². The van der Waals surface area contributed by atoms with Crippen molar-refractivity contribution in [1.29, 1.82) is 0 Å². The van der Waals surface area contributed by atoms with E-state index in [1.165, 1.54) is 10.8 Å². The molecule has 6 heteroatoms. The number of hydrogen-bond donors (Lipinski definition) is 2. The predicted molar refractivity (Wildman–Crippen MR) is 63.0 cm³/mol. The maximum absolute atomic E-state index is 11.8. The lowest BCUT2D eigenvalue weighted by atomic mass is 10.2. The van der Waals surface area contributed by atoms with Crippen LogP contribution in [0.15, 0.2) is 35.3 Å². The number of hydrazine groups is 1. The highest BCUT2D eigenvalue weighted by Gasteiger charge is 2.17. The van der Waals surface area contributed by atoms with Crippen molar-refractivity contribution in [3.8, 4) is 0 Å². The molecule has 0 radical (unpaired) electrons. The molecule has 0 bridgehead atoms. The molecule has 17 heavy (non-hydrogen) atoms. The van der Waals surface area contributed by atoms with Crippen LogP contribution in [-0.2, 0) is 4.79 Å². The fourth-order valence-electron chi connectivity index (χ4n) is 1.72. The van der Waals surface area contributed by atoms with Crippen molar-refractivity contribution in [3.05, 3.63) is 40.8 Å². The van der Waals surface area contributed by atoms with E-state index in [0.29, 0.717) is 11.0 Å². The third-order valence-electron chi connectivity index (χ3n) is 2.60. The molecule has 0 spiro atoms. The summed E-state index contributed by atoms with van der Waals surface area (Å²) in [5, 5.41) is 0. The standard InChI is InChI=1S/C11H12N4O2/c1-7(11(17)14-12)15-9-5-3-2-4-8(9)13-6-10(15)16/h2-7H,12H2,1H3,(H,14,17). The summed E-state index contributed by atoms with van der Waals surface area (Å²) < 4.78 is 1.37. The molecular formula is C11H12N4O2. The molecule has 1 heterocycles. The van der Waals surface area contributed by atoms with E-state index in [0.717, 1.165) is 0 Å². The van der Waals surface area contributed by atoms with Gasteiger partial charge in [0.2, 0.25) is 0 Å². The first-order valence-corrected chi connectivity index (χ1v) is 5.12. The molecule has 6 nitrogen and oxygen atoms in total. The maximum Gasteiger partial charge on any atom is 0.270 e. The molecule has 1 aromatic carbocycles. The second-order valence-electron chi connectivity index (χ2n) is 3.64. The first kappa shape index (κ1) is 11.3. The number of carbonyl (C=O) groups excluding carboxylic acids is 1. The summed E-state index contributed by atoms with van der Waals surface area (Å²) >= 11 is 0. The van der Waals surface area contributed by atoms with Gasteiger partial charge in [-0.3, -0.25) is 19.6 Å². The quantitative estimate of drug-likeness (QED) is 0.431. The predicted octanol–water partition coefficient (Wildman–Crippen LogP) is -0.0526. The number of nitrogens with two attached hydrogens (primary N) is 1. The van der Waals surface area contributed by atoms with Gasteiger partial charge in [-0.15, -0.1) is 0 Å². The normalized spacial score (nSPS) is 12.4. The monoisotopic (exact) mass is 232 g/mol. The lowest BCUT2D eigenvalue weighted by Gasteiger charge is -2.15. The minimum Gasteiger partial charge on any atom is -0.293 e. The Morgan fingerprint density at radius 2 is 2.18 bits per heavy atom. The second kappa shape index (κ2) is 4.34. The maximum atomic E-state index is 11.8. The highest BCUT2D eigenvalue weighted by Crippen LogP contribution is 2.13. The lowest BCUT2D eigenvalue weighted by molar-refractivity contribution is -0.123. The molecule has 1 amide bonds. The molecule has 1 unspecified atom stereocenters. The third-order valence-corrected chi connectivity index (χ3v) is 2.60. The van der Waals surface area contributed by atoms with Crippen molar-refractivity contribution in [2.24, 2.45) is 5.84 Å². The first-order chi connectivity index (χ1) is 8.15. The molecule has 0 aliphatic heterocycles. The Bertz CT molecular complexity index is 620. The zero-order valence-electron chi connectivity index (χ0n) is 9.25. The van der Waals surface area contributed by atoms with Crippen LogP contribution in [0.2, 0.25) is 0 Å². The van der Waals surface area contributed by atoms with Gasteiger partial charge in [0.05, 0.1) is 17.2 Å². The number of aromatic nitrogens is 2. The molecule has 88 valence electrons. The van der Waals surface area contributed by atoms with Crippen LogP contribution in [0.1, 0.15) is 13.0 Å². The van der Waals surface area contributed by atoms with Crippen LogP contribution in [0.5, 0.6) is 0 Å². The molecule has 0 fully saturated rings. The average Bonchev–Trinajstić information content (AvgIpc) is 2.37. The summed E-state index contributed by atoms with van der Waals surface area (Å²) in [6.07, 6.45) is 1.20. The Hall–Kier alpha value is -2.21. The van der Waals surface area contributed by atoms with Crippen LogP contribution in [0, 0.1) is 0 Å². The van der Waals surface area contributed by atoms with E-state index in [9.17, 15) is 9.59 Å². The Balaban J connectivity index is 2.71. The van der Waals surface area contributed by atoms with Gasteiger partial charge in [0.15, 0.2) is 0 Å². The second-order valence-corrected chi connectivity index (χ2v) is 3.64. The Morgan fingerprint density at radius 1 is 1.47 bits per heavy atom. The molecule has 1 aromatic heterocycles. The summed E-state index contributed by atoms with van der Waals surface area (Å²) in [4.78, 5) is 27.3. The summed E-state index contributed by atoms with van der Waals surface area (Å²) in [5.74, 6) is 4.65. The van der Waals surface area contributed by atoms with E-state index < -0.39 is 11.9 Å². The van der Waals surface area contributed by atoms with Crippen LogP contribution < -0.4 is 16.8 Å². The minimum absolute atomic E-state index is 0.334. The molecule has 1 atom stereocenters. The van der Waals surface area contributed by atoms with Gasteiger partial charge in [0, 0.05) is 0 Å². The Morgan fingerprint density at radius 3 is 2.88 bits per heavy atom.